The third-order valence-electron chi connectivity index (χ3n) is 6.00. The normalized spacial score (nSPS) is 19.2. The lowest BCUT2D eigenvalue weighted by molar-refractivity contribution is -0.145. The highest BCUT2D eigenvalue weighted by Gasteiger charge is 2.36. The van der Waals surface area contributed by atoms with Crippen molar-refractivity contribution in [2.45, 2.75) is 26.3 Å². The van der Waals surface area contributed by atoms with Crippen LogP contribution < -0.4 is 15.8 Å². The molecule has 0 unspecified atom stereocenters. The molecular weight excluding hydrogens is 518 g/mol. The summed E-state index contributed by atoms with van der Waals surface area (Å²) in [5.74, 6) is -1.04. The minimum atomic E-state index is -0.936. The molecule has 13 heteroatoms. The molecule has 0 spiro atoms. The van der Waals surface area contributed by atoms with Crippen LogP contribution in [0.5, 0.6) is 0 Å². The van der Waals surface area contributed by atoms with Crippen LogP contribution in [0.3, 0.4) is 0 Å². The van der Waals surface area contributed by atoms with Gasteiger partial charge in [-0.25, -0.2) is 4.98 Å². The standard InChI is InChI=1S/C24H27N5O6S2/c1-4-35-18(30)13-16-21(31)25-7-9-27(16)20-15(22(32)28-8-5-6-14(2)19(28)26-20)12-17-23(33)29(10-11-34-3)24(36)37-17/h5-6,8,12,16H,4,7,9-11,13H2,1-3H3,(H,25,31)/b17-12-/t16-/m0/s1. The van der Waals surface area contributed by atoms with Gasteiger partial charge in [-0.2, -0.15) is 0 Å². The summed E-state index contributed by atoms with van der Waals surface area (Å²) in [6.07, 6.45) is 2.86. The molecule has 0 aliphatic carbocycles. The Bertz CT molecular complexity index is 1360. The molecular formula is C24H27N5O6S2. The second-order valence-corrected chi connectivity index (χ2v) is 10.1. The van der Waals surface area contributed by atoms with Crippen LogP contribution in [0.2, 0.25) is 0 Å². The maximum Gasteiger partial charge on any atom is 0.308 e. The van der Waals surface area contributed by atoms with E-state index in [0.29, 0.717) is 29.7 Å². The maximum atomic E-state index is 13.8. The Morgan fingerprint density at radius 1 is 1.35 bits per heavy atom. The van der Waals surface area contributed by atoms with E-state index in [2.05, 4.69) is 5.32 Å². The van der Waals surface area contributed by atoms with E-state index in [0.717, 1.165) is 17.3 Å². The van der Waals surface area contributed by atoms with Crippen molar-refractivity contribution < 1.29 is 23.9 Å². The van der Waals surface area contributed by atoms with Crippen LogP contribution in [0.25, 0.3) is 11.7 Å². The lowest BCUT2D eigenvalue weighted by Crippen LogP contribution is -2.57. The third-order valence-corrected chi connectivity index (χ3v) is 7.38. The van der Waals surface area contributed by atoms with Crippen LogP contribution >= 0.6 is 24.0 Å². The molecule has 0 bridgehead atoms. The highest BCUT2D eigenvalue weighted by Crippen LogP contribution is 2.34. The largest absolute Gasteiger partial charge is 0.466 e. The molecule has 1 N–H and O–H groups in total. The number of methoxy groups -OCH3 is 1. The van der Waals surface area contributed by atoms with Gasteiger partial charge in [-0.1, -0.05) is 30.0 Å². The first-order chi connectivity index (χ1) is 17.8. The fourth-order valence-corrected chi connectivity index (χ4v) is 5.49. The number of pyridine rings is 1. The van der Waals surface area contributed by atoms with E-state index in [9.17, 15) is 19.2 Å². The summed E-state index contributed by atoms with van der Waals surface area (Å²) < 4.78 is 11.9. The van der Waals surface area contributed by atoms with E-state index in [1.165, 1.54) is 22.5 Å². The number of rotatable bonds is 8. The van der Waals surface area contributed by atoms with Crippen molar-refractivity contribution in [1.82, 2.24) is 19.6 Å². The molecule has 4 heterocycles. The molecule has 1 atom stereocenters. The van der Waals surface area contributed by atoms with Crippen molar-refractivity contribution in [1.29, 1.82) is 0 Å². The average Bonchev–Trinajstić information content (AvgIpc) is 3.13. The number of ether oxygens (including phenoxy) is 2. The van der Waals surface area contributed by atoms with Gasteiger partial charge in [-0.05, 0) is 31.6 Å². The van der Waals surface area contributed by atoms with Crippen LogP contribution in [0.1, 0.15) is 24.5 Å². The van der Waals surface area contributed by atoms with E-state index in [-0.39, 0.29) is 47.7 Å². The zero-order valence-corrected chi connectivity index (χ0v) is 22.3. The Morgan fingerprint density at radius 3 is 2.86 bits per heavy atom. The zero-order chi connectivity index (χ0) is 26.7. The molecule has 37 heavy (non-hydrogen) atoms. The van der Waals surface area contributed by atoms with Crippen molar-refractivity contribution in [2.75, 3.05) is 44.9 Å². The first-order valence-electron chi connectivity index (χ1n) is 11.7. The maximum absolute atomic E-state index is 13.8. The van der Waals surface area contributed by atoms with Crippen molar-refractivity contribution >= 4 is 63.6 Å². The molecule has 0 aromatic carbocycles. The van der Waals surface area contributed by atoms with Gasteiger partial charge >= 0.3 is 5.97 Å². The molecule has 2 aliphatic rings. The quantitative estimate of drug-likeness (QED) is 0.293. The summed E-state index contributed by atoms with van der Waals surface area (Å²) in [5.41, 5.74) is 0.875. The van der Waals surface area contributed by atoms with E-state index >= 15 is 0 Å². The molecule has 0 radical (unpaired) electrons. The van der Waals surface area contributed by atoms with Crippen molar-refractivity contribution in [3.8, 4) is 0 Å². The summed E-state index contributed by atoms with van der Waals surface area (Å²) in [7, 11) is 1.53. The SMILES string of the molecule is CCOC(=O)C[C@H]1C(=O)NCCN1c1nc2c(C)cccn2c(=O)c1/C=C1\SC(=S)N(CCOC)C1=O. The Labute approximate surface area is 222 Å². The van der Waals surface area contributed by atoms with Gasteiger partial charge in [0.2, 0.25) is 5.91 Å². The average molecular weight is 546 g/mol. The molecule has 2 aromatic heterocycles. The number of amides is 2. The van der Waals surface area contributed by atoms with Gasteiger partial charge in [-0.3, -0.25) is 28.5 Å². The number of anilines is 1. The van der Waals surface area contributed by atoms with Crippen LogP contribution in [0, 0.1) is 6.92 Å². The fraction of sp³-hybridized carbons (Fsp3) is 0.417. The first-order valence-corrected chi connectivity index (χ1v) is 13.0. The Hall–Kier alpha value is -3.29. The number of carbonyl (C=O) groups is 3. The van der Waals surface area contributed by atoms with Gasteiger partial charge in [0.15, 0.2) is 0 Å². The Balaban J connectivity index is 1.87. The minimum Gasteiger partial charge on any atom is -0.466 e. The highest BCUT2D eigenvalue weighted by atomic mass is 32.2. The summed E-state index contributed by atoms with van der Waals surface area (Å²) in [6, 6.07) is 2.62. The van der Waals surface area contributed by atoms with E-state index in [1.807, 2.05) is 13.0 Å². The smallest absolute Gasteiger partial charge is 0.308 e. The number of nitrogens with zero attached hydrogens (tertiary/aromatic N) is 4. The van der Waals surface area contributed by atoms with Gasteiger partial charge in [0.1, 0.15) is 21.8 Å². The van der Waals surface area contributed by atoms with Crippen molar-refractivity contribution in [3.05, 3.63) is 44.7 Å². The van der Waals surface area contributed by atoms with Crippen molar-refractivity contribution in [2.24, 2.45) is 0 Å². The molecule has 11 nitrogen and oxygen atoms in total. The lowest BCUT2D eigenvalue weighted by Gasteiger charge is -2.36. The predicted molar refractivity (Wildman–Crippen MR) is 143 cm³/mol. The number of piperazine rings is 1. The van der Waals surface area contributed by atoms with Gasteiger partial charge in [-0.15, -0.1) is 0 Å². The number of carbonyl (C=O) groups excluding carboxylic acids is 3. The monoisotopic (exact) mass is 545 g/mol. The summed E-state index contributed by atoms with van der Waals surface area (Å²) >= 11 is 6.46. The van der Waals surface area contributed by atoms with E-state index in [1.54, 1.807) is 24.1 Å². The minimum absolute atomic E-state index is 0.124. The van der Waals surface area contributed by atoms with Gasteiger partial charge in [0.05, 0.1) is 36.6 Å². The molecule has 2 aromatic rings. The fourth-order valence-electron chi connectivity index (χ4n) is 4.20. The number of hydrogen-bond donors (Lipinski definition) is 1. The summed E-state index contributed by atoms with van der Waals surface area (Å²) in [5, 5.41) is 2.76. The molecule has 2 saturated heterocycles. The summed E-state index contributed by atoms with van der Waals surface area (Å²) in [6.45, 7) is 4.89. The molecule has 0 saturated carbocycles. The van der Waals surface area contributed by atoms with Gasteiger partial charge in [0, 0.05) is 26.4 Å². The van der Waals surface area contributed by atoms with Crippen LogP contribution in [0.4, 0.5) is 5.82 Å². The molecule has 196 valence electrons. The first kappa shape index (κ1) is 26.8. The molecule has 4 rings (SSSR count). The second-order valence-electron chi connectivity index (χ2n) is 8.37. The number of hydrogen-bond acceptors (Lipinski definition) is 10. The van der Waals surface area contributed by atoms with Crippen molar-refractivity contribution in [3.63, 3.8) is 0 Å². The topological polar surface area (TPSA) is 123 Å². The number of nitrogens with one attached hydrogen (secondary N) is 1. The van der Waals surface area contributed by atoms with Crippen LogP contribution in [-0.2, 0) is 23.9 Å². The number of esters is 1. The van der Waals surface area contributed by atoms with Gasteiger partial charge in [0.25, 0.3) is 11.5 Å². The number of thioether (sulfide) groups is 1. The zero-order valence-electron chi connectivity index (χ0n) is 20.7. The number of aryl methyl sites for hydroxylation is 1. The number of fused-ring (bicyclic) bond motifs is 1. The number of thiocarbonyl (C=S) groups is 1. The lowest BCUT2D eigenvalue weighted by atomic mass is 10.1. The third kappa shape index (κ3) is 5.38. The molecule has 2 amide bonds. The molecule has 2 aliphatic heterocycles. The van der Waals surface area contributed by atoms with E-state index < -0.39 is 17.6 Å². The highest BCUT2D eigenvalue weighted by molar-refractivity contribution is 8.26. The predicted octanol–water partition coefficient (Wildman–Crippen LogP) is 1.11. The Morgan fingerprint density at radius 2 is 2.14 bits per heavy atom. The van der Waals surface area contributed by atoms with Crippen LogP contribution in [-0.4, -0.2) is 82.4 Å². The summed E-state index contributed by atoms with van der Waals surface area (Å²) in [4.78, 5) is 60.1. The van der Waals surface area contributed by atoms with Crippen LogP contribution in [0.15, 0.2) is 28.0 Å². The van der Waals surface area contributed by atoms with Gasteiger partial charge < -0.3 is 19.7 Å². The number of aromatic nitrogens is 2. The molecule has 2 fully saturated rings. The second kappa shape index (κ2) is 11.4. The Kier molecular flexibility index (Phi) is 8.25. The van der Waals surface area contributed by atoms with E-state index in [4.69, 9.17) is 26.7 Å².